The molecule has 0 unspecified atom stereocenters. The van der Waals surface area contributed by atoms with Crippen molar-refractivity contribution in [3.05, 3.63) is 52.2 Å². The van der Waals surface area contributed by atoms with Crippen molar-refractivity contribution in [1.82, 2.24) is 4.98 Å². The van der Waals surface area contributed by atoms with Crippen molar-refractivity contribution in [2.75, 3.05) is 12.4 Å². The van der Waals surface area contributed by atoms with Gasteiger partial charge in [0.25, 0.3) is 5.91 Å². The minimum atomic E-state index is -0.645. The number of pyridine rings is 1. The van der Waals surface area contributed by atoms with E-state index in [1.54, 1.807) is 0 Å². The molecule has 1 aromatic carbocycles. The number of aromatic hydroxyl groups is 1. The summed E-state index contributed by atoms with van der Waals surface area (Å²) in [5.41, 5.74) is -0.275. The molecule has 1 heterocycles. The number of nitro benzene ring substituents is 1. The van der Waals surface area contributed by atoms with Gasteiger partial charge in [0.05, 0.1) is 12.0 Å². The molecule has 1 amide bonds. The Balaban J connectivity index is 2.30. The number of ether oxygens (including phenoxy) is 1. The Kier molecular flexibility index (Phi) is 3.98. The predicted octanol–water partition coefficient (Wildman–Crippen LogP) is 1.96. The number of aromatic nitrogens is 1. The molecule has 0 aliphatic heterocycles. The Labute approximate surface area is 119 Å². The van der Waals surface area contributed by atoms with Gasteiger partial charge in [-0.3, -0.25) is 14.9 Å². The average Bonchev–Trinajstić information content (AvgIpc) is 2.48. The molecule has 2 rings (SSSR count). The molecule has 0 aliphatic carbocycles. The van der Waals surface area contributed by atoms with Gasteiger partial charge in [0.1, 0.15) is 0 Å². The van der Waals surface area contributed by atoms with Gasteiger partial charge in [0.15, 0.2) is 17.3 Å². The van der Waals surface area contributed by atoms with Gasteiger partial charge in [0, 0.05) is 17.8 Å². The lowest BCUT2D eigenvalue weighted by atomic mass is 10.1. The molecule has 2 aromatic rings. The van der Waals surface area contributed by atoms with Crippen molar-refractivity contribution in [1.29, 1.82) is 0 Å². The Morgan fingerprint density at radius 3 is 2.81 bits per heavy atom. The van der Waals surface area contributed by atoms with Gasteiger partial charge in [-0.05, 0) is 24.3 Å². The normalized spacial score (nSPS) is 9.95. The maximum absolute atomic E-state index is 12.0. The third-order valence-corrected chi connectivity index (χ3v) is 2.66. The van der Waals surface area contributed by atoms with Crippen LogP contribution < -0.4 is 10.1 Å². The maximum atomic E-state index is 12.0. The molecule has 0 radical (unpaired) electrons. The fourth-order valence-electron chi connectivity index (χ4n) is 1.65. The zero-order valence-corrected chi connectivity index (χ0v) is 10.9. The first-order valence-corrected chi connectivity index (χ1v) is 5.80. The number of anilines is 1. The van der Waals surface area contributed by atoms with Crippen molar-refractivity contribution in [2.24, 2.45) is 0 Å². The summed E-state index contributed by atoms with van der Waals surface area (Å²) in [6, 6.07) is 6.66. The van der Waals surface area contributed by atoms with Gasteiger partial charge in [-0.15, -0.1) is 0 Å². The van der Waals surface area contributed by atoms with Crippen molar-refractivity contribution in [3.8, 4) is 11.5 Å². The predicted molar refractivity (Wildman–Crippen MR) is 73.5 cm³/mol. The van der Waals surface area contributed by atoms with Crippen LogP contribution in [0.1, 0.15) is 10.4 Å². The van der Waals surface area contributed by atoms with Crippen LogP contribution in [0.4, 0.5) is 11.5 Å². The molecule has 0 aliphatic rings. The van der Waals surface area contributed by atoms with E-state index in [2.05, 4.69) is 10.3 Å². The van der Waals surface area contributed by atoms with Crippen molar-refractivity contribution < 1.29 is 19.6 Å². The fourth-order valence-corrected chi connectivity index (χ4v) is 1.65. The van der Waals surface area contributed by atoms with Crippen LogP contribution in [-0.4, -0.2) is 28.0 Å². The molecule has 1 aromatic heterocycles. The monoisotopic (exact) mass is 289 g/mol. The average molecular weight is 289 g/mol. The number of rotatable bonds is 4. The van der Waals surface area contributed by atoms with Crippen LogP contribution >= 0.6 is 0 Å². The molecule has 2 N–H and O–H groups in total. The molecule has 0 fully saturated rings. The van der Waals surface area contributed by atoms with Crippen molar-refractivity contribution >= 4 is 17.4 Å². The van der Waals surface area contributed by atoms with E-state index in [4.69, 9.17) is 4.74 Å². The summed E-state index contributed by atoms with van der Waals surface area (Å²) in [6.07, 6.45) is 1.39. The molecule has 21 heavy (non-hydrogen) atoms. The summed E-state index contributed by atoms with van der Waals surface area (Å²) >= 11 is 0. The lowest BCUT2D eigenvalue weighted by Crippen LogP contribution is -2.13. The summed E-state index contributed by atoms with van der Waals surface area (Å²) < 4.78 is 4.85. The first-order chi connectivity index (χ1) is 10.0. The largest absolute Gasteiger partial charge is 0.504 e. The maximum Gasteiger partial charge on any atom is 0.311 e. The van der Waals surface area contributed by atoms with Gasteiger partial charge in [-0.1, -0.05) is 0 Å². The zero-order valence-electron chi connectivity index (χ0n) is 10.9. The van der Waals surface area contributed by atoms with Crippen LogP contribution in [0, 0.1) is 10.1 Å². The number of hydrogen-bond acceptors (Lipinski definition) is 6. The van der Waals surface area contributed by atoms with Gasteiger partial charge in [-0.2, -0.15) is 0 Å². The molecular weight excluding hydrogens is 278 g/mol. The van der Waals surface area contributed by atoms with Crippen LogP contribution in [0.25, 0.3) is 0 Å². The number of amides is 1. The standard InChI is InChI=1S/C13H11N3O5/c1-21-11-5-4-8(7-9(11)16(19)20)13(18)15-12-10(17)3-2-6-14-12/h2-7,17H,1H3,(H,14,15,18). The van der Waals surface area contributed by atoms with E-state index in [-0.39, 0.29) is 28.6 Å². The lowest BCUT2D eigenvalue weighted by Gasteiger charge is -2.07. The minimum Gasteiger partial charge on any atom is -0.504 e. The second kappa shape index (κ2) is 5.87. The van der Waals surface area contributed by atoms with E-state index < -0.39 is 10.8 Å². The third-order valence-electron chi connectivity index (χ3n) is 2.66. The van der Waals surface area contributed by atoms with Gasteiger partial charge < -0.3 is 15.2 Å². The Morgan fingerprint density at radius 1 is 1.43 bits per heavy atom. The molecule has 0 atom stereocenters. The minimum absolute atomic E-state index is 0.0269. The molecule has 0 saturated carbocycles. The summed E-state index contributed by atoms with van der Waals surface area (Å²) in [5.74, 6) is -0.804. The van der Waals surface area contributed by atoms with Crippen molar-refractivity contribution in [3.63, 3.8) is 0 Å². The van der Waals surface area contributed by atoms with E-state index in [0.717, 1.165) is 6.07 Å². The van der Waals surface area contributed by atoms with E-state index >= 15 is 0 Å². The summed E-state index contributed by atoms with van der Waals surface area (Å²) in [4.78, 5) is 26.1. The lowest BCUT2D eigenvalue weighted by molar-refractivity contribution is -0.385. The van der Waals surface area contributed by atoms with Crippen LogP contribution in [0.2, 0.25) is 0 Å². The zero-order chi connectivity index (χ0) is 15.4. The van der Waals surface area contributed by atoms with E-state index in [0.29, 0.717) is 0 Å². The molecule has 8 heteroatoms. The number of nitro groups is 1. The van der Waals surface area contributed by atoms with E-state index in [1.165, 1.54) is 37.6 Å². The highest BCUT2D eigenvalue weighted by molar-refractivity contribution is 6.04. The number of carbonyl (C=O) groups is 1. The number of carbonyl (C=O) groups excluding carboxylic acids is 1. The number of hydrogen-bond donors (Lipinski definition) is 2. The Morgan fingerprint density at radius 2 is 2.19 bits per heavy atom. The molecule has 0 bridgehead atoms. The number of benzene rings is 1. The highest BCUT2D eigenvalue weighted by atomic mass is 16.6. The van der Waals surface area contributed by atoms with Crippen LogP contribution in [0.5, 0.6) is 11.5 Å². The smallest absolute Gasteiger partial charge is 0.311 e. The second-order valence-corrected chi connectivity index (χ2v) is 3.97. The van der Waals surface area contributed by atoms with E-state index in [9.17, 15) is 20.0 Å². The topological polar surface area (TPSA) is 115 Å². The van der Waals surface area contributed by atoms with Crippen molar-refractivity contribution in [2.45, 2.75) is 0 Å². The number of methoxy groups -OCH3 is 1. The molecule has 8 nitrogen and oxygen atoms in total. The van der Waals surface area contributed by atoms with Crippen LogP contribution in [-0.2, 0) is 0 Å². The van der Waals surface area contributed by atoms with Gasteiger partial charge in [-0.25, -0.2) is 4.98 Å². The van der Waals surface area contributed by atoms with Crippen LogP contribution in [0.15, 0.2) is 36.5 Å². The second-order valence-electron chi connectivity index (χ2n) is 3.97. The number of nitrogens with zero attached hydrogens (tertiary/aromatic N) is 2. The SMILES string of the molecule is COc1ccc(C(=O)Nc2ncccc2O)cc1[N+](=O)[O-]. The van der Waals surface area contributed by atoms with E-state index in [1.807, 2.05) is 0 Å². The quantitative estimate of drug-likeness (QED) is 0.656. The fraction of sp³-hybridized carbons (Fsp3) is 0.0769. The van der Waals surface area contributed by atoms with Gasteiger partial charge >= 0.3 is 5.69 Å². The highest BCUT2D eigenvalue weighted by Crippen LogP contribution is 2.28. The molecule has 0 saturated heterocycles. The molecule has 108 valence electrons. The van der Waals surface area contributed by atoms with Gasteiger partial charge in [0.2, 0.25) is 0 Å². The number of nitrogens with one attached hydrogen (secondary N) is 1. The summed E-state index contributed by atoms with van der Waals surface area (Å²) in [6.45, 7) is 0. The van der Waals surface area contributed by atoms with Crippen LogP contribution in [0.3, 0.4) is 0 Å². The molecular formula is C13H11N3O5. The summed E-state index contributed by atoms with van der Waals surface area (Å²) in [5, 5.41) is 22.8. The Hall–Kier alpha value is -3.16. The first kappa shape index (κ1) is 14.3. The summed E-state index contributed by atoms with van der Waals surface area (Å²) in [7, 11) is 1.30. The highest BCUT2D eigenvalue weighted by Gasteiger charge is 2.18. The molecule has 0 spiro atoms. The first-order valence-electron chi connectivity index (χ1n) is 5.80. The Bertz CT molecular complexity index is 702. The third kappa shape index (κ3) is 3.06.